The quantitative estimate of drug-likeness (QED) is 0.462. The Labute approximate surface area is 171 Å². The lowest BCUT2D eigenvalue weighted by atomic mass is 9.93. The Kier molecular flexibility index (Phi) is 7.33. The molecule has 8 nitrogen and oxygen atoms in total. The monoisotopic (exact) mass is 404 g/mol. The normalized spacial score (nSPS) is 27.0. The van der Waals surface area contributed by atoms with Crippen LogP contribution in [-0.2, 0) is 0 Å². The van der Waals surface area contributed by atoms with Gasteiger partial charge in [0.25, 0.3) is 0 Å². The highest BCUT2D eigenvalue weighted by atomic mass is 16.3. The first-order chi connectivity index (χ1) is 13.9. The third-order valence-electron chi connectivity index (χ3n) is 5.84. The van der Waals surface area contributed by atoms with Crippen LogP contribution in [0.3, 0.4) is 0 Å². The molecule has 0 bridgehead atoms. The van der Waals surface area contributed by atoms with Gasteiger partial charge in [-0.2, -0.15) is 0 Å². The van der Waals surface area contributed by atoms with Gasteiger partial charge in [0.1, 0.15) is 0 Å². The van der Waals surface area contributed by atoms with Crippen LogP contribution in [0.2, 0.25) is 0 Å². The highest BCUT2D eigenvalue weighted by Gasteiger charge is 2.25. The minimum Gasteiger partial charge on any atom is -0.391 e. The second kappa shape index (κ2) is 9.93. The SMILES string of the molecule is Cc1ccc(NC(=O)NC2CCCCC2O)cc1NC(=O)NC1CCCCC1O. The number of benzene rings is 1. The molecule has 0 aromatic heterocycles. The number of aliphatic hydroxyl groups excluding tert-OH is 2. The maximum atomic E-state index is 12.3. The summed E-state index contributed by atoms with van der Waals surface area (Å²) < 4.78 is 0. The summed E-state index contributed by atoms with van der Waals surface area (Å²) in [7, 11) is 0. The molecule has 0 heterocycles. The lowest BCUT2D eigenvalue weighted by Crippen LogP contribution is -2.47. The maximum Gasteiger partial charge on any atom is 0.319 e. The van der Waals surface area contributed by atoms with E-state index in [1.54, 1.807) is 12.1 Å². The molecule has 3 rings (SSSR count). The second-order valence-electron chi connectivity index (χ2n) is 8.14. The summed E-state index contributed by atoms with van der Waals surface area (Å²) in [5, 5.41) is 31.3. The van der Waals surface area contributed by atoms with Crippen LogP contribution >= 0.6 is 0 Å². The van der Waals surface area contributed by atoms with Crippen molar-refractivity contribution in [2.45, 2.75) is 82.6 Å². The number of carbonyl (C=O) groups excluding carboxylic acids is 2. The third-order valence-corrected chi connectivity index (χ3v) is 5.84. The highest BCUT2D eigenvalue weighted by molar-refractivity contribution is 5.93. The summed E-state index contributed by atoms with van der Waals surface area (Å²) in [4.78, 5) is 24.6. The molecular weight excluding hydrogens is 372 g/mol. The van der Waals surface area contributed by atoms with Crippen LogP contribution in [0, 0.1) is 6.92 Å². The number of urea groups is 2. The Bertz CT molecular complexity index is 727. The van der Waals surface area contributed by atoms with Crippen molar-refractivity contribution in [1.29, 1.82) is 0 Å². The molecule has 29 heavy (non-hydrogen) atoms. The molecule has 1 aromatic carbocycles. The minimum absolute atomic E-state index is 0.237. The summed E-state index contributed by atoms with van der Waals surface area (Å²) in [6.07, 6.45) is 5.86. The van der Waals surface area contributed by atoms with Crippen molar-refractivity contribution in [3.8, 4) is 0 Å². The topological polar surface area (TPSA) is 123 Å². The third kappa shape index (κ3) is 6.08. The molecule has 0 saturated heterocycles. The molecule has 4 amide bonds. The van der Waals surface area contributed by atoms with Crippen molar-refractivity contribution < 1.29 is 19.8 Å². The van der Waals surface area contributed by atoms with Crippen molar-refractivity contribution in [1.82, 2.24) is 10.6 Å². The Morgan fingerprint density at radius 1 is 0.828 bits per heavy atom. The van der Waals surface area contributed by atoms with Gasteiger partial charge in [-0.3, -0.25) is 0 Å². The molecule has 2 fully saturated rings. The smallest absolute Gasteiger partial charge is 0.319 e. The Balaban J connectivity index is 1.56. The molecule has 2 aliphatic rings. The van der Waals surface area contributed by atoms with Gasteiger partial charge >= 0.3 is 12.1 Å². The van der Waals surface area contributed by atoms with Crippen molar-refractivity contribution in [2.75, 3.05) is 10.6 Å². The molecule has 160 valence electrons. The van der Waals surface area contributed by atoms with Crippen LogP contribution in [0.4, 0.5) is 21.0 Å². The van der Waals surface area contributed by atoms with E-state index in [0.717, 1.165) is 44.1 Å². The van der Waals surface area contributed by atoms with E-state index in [1.807, 2.05) is 13.0 Å². The van der Waals surface area contributed by atoms with E-state index in [0.29, 0.717) is 24.2 Å². The summed E-state index contributed by atoms with van der Waals surface area (Å²) in [6.45, 7) is 1.87. The number of carbonyl (C=O) groups is 2. The van der Waals surface area contributed by atoms with Gasteiger partial charge < -0.3 is 31.5 Å². The Hall–Kier alpha value is -2.32. The first-order valence-corrected chi connectivity index (χ1v) is 10.5. The molecule has 0 aliphatic heterocycles. The molecule has 0 spiro atoms. The maximum absolute atomic E-state index is 12.3. The molecule has 6 N–H and O–H groups in total. The second-order valence-corrected chi connectivity index (χ2v) is 8.14. The Morgan fingerprint density at radius 2 is 1.34 bits per heavy atom. The highest BCUT2D eigenvalue weighted by Crippen LogP contribution is 2.22. The zero-order valence-corrected chi connectivity index (χ0v) is 16.9. The molecule has 0 radical (unpaired) electrons. The predicted molar refractivity (Wildman–Crippen MR) is 112 cm³/mol. The fraction of sp³-hybridized carbons (Fsp3) is 0.619. The van der Waals surface area contributed by atoms with Crippen molar-refractivity contribution in [2.24, 2.45) is 0 Å². The fourth-order valence-electron chi connectivity index (χ4n) is 4.06. The molecule has 2 aliphatic carbocycles. The van der Waals surface area contributed by atoms with Gasteiger partial charge in [-0.15, -0.1) is 0 Å². The van der Waals surface area contributed by atoms with Gasteiger partial charge in [0.05, 0.1) is 24.3 Å². The van der Waals surface area contributed by atoms with Gasteiger partial charge in [0.15, 0.2) is 0 Å². The van der Waals surface area contributed by atoms with Crippen LogP contribution in [0.1, 0.15) is 56.9 Å². The number of aliphatic hydroxyl groups is 2. The molecule has 4 unspecified atom stereocenters. The molecule has 1 aromatic rings. The number of amides is 4. The summed E-state index contributed by atoms with van der Waals surface area (Å²) in [6, 6.07) is 4.06. The van der Waals surface area contributed by atoms with Crippen molar-refractivity contribution >= 4 is 23.4 Å². The number of hydrogen-bond donors (Lipinski definition) is 6. The average molecular weight is 405 g/mol. The molecule has 8 heteroatoms. The van der Waals surface area contributed by atoms with Gasteiger partial charge in [0.2, 0.25) is 0 Å². The standard InChI is InChI=1S/C21H32N4O4/c1-13-10-11-14(22-20(28)23-15-6-2-4-8-18(15)26)12-17(13)25-21(29)24-16-7-3-5-9-19(16)27/h10-12,15-16,18-19,26-27H,2-9H2,1H3,(H2,22,23,28)(H2,24,25,29). The summed E-state index contributed by atoms with van der Waals surface area (Å²) in [5.41, 5.74) is 1.99. The van der Waals surface area contributed by atoms with Gasteiger partial charge in [-0.05, 0) is 50.3 Å². The van der Waals surface area contributed by atoms with E-state index in [4.69, 9.17) is 0 Å². The van der Waals surface area contributed by atoms with Crippen molar-refractivity contribution in [3.05, 3.63) is 23.8 Å². The van der Waals surface area contributed by atoms with Crippen LogP contribution in [0.15, 0.2) is 18.2 Å². The number of aryl methyl sites for hydroxylation is 1. The van der Waals surface area contributed by atoms with Crippen LogP contribution in [-0.4, -0.2) is 46.6 Å². The minimum atomic E-state index is -0.512. The fourth-order valence-corrected chi connectivity index (χ4v) is 4.06. The van der Waals surface area contributed by atoms with Crippen LogP contribution in [0.25, 0.3) is 0 Å². The number of anilines is 2. The van der Waals surface area contributed by atoms with E-state index in [2.05, 4.69) is 21.3 Å². The van der Waals surface area contributed by atoms with Crippen LogP contribution < -0.4 is 21.3 Å². The molecule has 2 saturated carbocycles. The number of hydrogen-bond acceptors (Lipinski definition) is 4. The zero-order valence-electron chi connectivity index (χ0n) is 16.9. The largest absolute Gasteiger partial charge is 0.391 e. The lowest BCUT2D eigenvalue weighted by Gasteiger charge is -2.28. The van der Waals surface area contributed by atoms with E-state index < -0.39 is 12.2 Å². The number of rotatable bonds is 4. The average Bonchev–Trinajstić information content (AvgIpc) is 2.68. The van der Waals surface area contributed by atoms with E-state index in [1.165, 1.54) is 0 Å². The summed E-state index contributed by atoms with van der Waals surface area (Å²) >= 11 is 0. The van der Waals surface area contributed by atoms with E-state index in [-0.39, 0.29) is 24.1 Å². The molecule has 4 atom stereocenters. The van der Waals surface area contributed by atoms with Gasteiger partial charge in [-0.1, -0.05) is 31.7 Å². The first-order valence-electron chi connectivity index (χ1n) is 10.5. The number of nitrogens with one attached hydrogen (secondary N) is 4. The van der Waals surface area contributed by atoms with E-state index >= 15 is 0 Å². The zero-order chi connectivity index (χ0) is 20.8. The predicted octanol–water partition coefficient (Wildman–Crippen LogP) is 2.85. The first kappa shape index (κ1) is 21.4. The molecular formula is C21H32N4O4. The summed E-state index contributed by atoms with van der Waals surface area (Å²) in [5.74, 6) is 0. The van der Waals surface area contributed by atoms with E-state index in [9.17, 15) is 19.8 Å². The van der Waals surface area contributed by atoms with Crippen LogP contribution in [0.5, 0.6) is 0 Å². The van der Waals surface area contributed by atoms with Crippen molar-refractivity contribution in [3.63, 3.8) is 0 Å². The Morgan fingerprint density at radius 3 is 1.90 bits per heavy atom. The van der Waals surface area contributed by atoms with Gasteiger partial charge in [-0.25, -0.2) is 9.59 Å². The lowest BCUT2D eigenvalue weighted by molar-refractivity contribution is 0.0955. The van der Waals surface area contributed by atoms with Gasteiger partial charge in [0, 0.05) is 11.4 Å².